The summed E-state index contributed by atoms with van der Waals surface area (Å²) in [6.45, 7) is 1.72. The molecule has 1 aromatic carbocycles. The first kappa shape index (κ1) is 14.2. The lowest BCUT2D eigenvalue weighted by Gasteiger charge is -2.24. The van der Waals surface area contributed by atoms with Crippen molar-refractivity contribution in [1.82, 2.24) is 4.98 Å². The number of ether oxygens (including phenoxy) is 2. The van der Waals surface area contributed by atoms with Crippen molar-refractivity contribution in [3.05, 3.63) is 51.4 Å². The summed E-state index contributed by atoms with van der Waals surface area (Å²) in [5.41, 5.74) is 1.39. The number of carbonyl (C=O) groups is 1. The molecule has 0 unspecified atom stereocenters. The molecule has 2 aromatic rings. The zero-order valence-electron chi connectivity index (χ0n) is 12.2. The Morgan fingerprint density at radius 3 is 2.77 bits per heavy atom. The Morgan fingerprint density at radius 2 is 2.09 bits per heavy atom. The van der Waals surface area contributed by atoms with Crippen LogP contribution in [0.2, 0.25) is 0 Å². The summed E-state index contributed by atoms with van der Waals surface area (Å²) in [6, 6.07) is 6.47. The van der Waals surface area contributed by atoms with Crippen molar-refractivity contribution in [3.63, 3.8) is 0 Å². The van der Waals surface area contributed by atoms with Crippen LogP contribution in [0.3, 0.4) is 0 Å². The van der Waals surface area contributed by atoms with Crippen LogP contribution in [0, 0.1) is 6.92 Å². The van der Waals surface area contributed by atoms with Crippen molar-refractivity contribution in [2.24, 2.45) is 0 Å². The van der Waals surface area contributed by atoms with Gasteiger partial charge in [-0.2, -0.15) is 0 Å². The van der Waals surface area contributed by atoms with Gasteiger partial charge in [0, 0.05) is 17.7 Å². The number of esters is 1. The highest BCUT2D eigenvalue weighted by Crippen LogP contribution is 2.39. The van der Waals surface area contributed by atoms with Crippen LogP contribution in [-0.2, 0) is 4.79 Å². The number of aryl methyl sites for hydroxylation is 1. The quantitative estimate of drug-likeness (QED) is 0.826. The number of hydrogen-bond donors (Lipinski definition) is 2. The molecule has 0 radical (unpaired) electrons. The fourth-order valence-electron chi connectivity index (χ4n) is 2.72. The van der Waals surface area contributed by atoms with Crippen LogP contribution in [0.25, 0.3) is 0 Å². The maximum atomic E-state index is 12.2. The van der Waals surface area contributed by atoms with E-state index in [1.54, 1.807) is 25.1 Å². The number of fused-ring (bicyclic) bond motifs is 1. The van der Waals surface area contributed by atoms with Gasteiger partial charge in [-0.15, -0.1) is 0 Å². The lowest BCUT2D eigenvalue weighted by molar-refractivity contribution is -0.135. The maximum absolute atomic E-state index is 12.2. The van der Waals surface area contributed by atoms with Crippen molar-refractivity contribution in [2.75, 3.05) is 7.11 Å². The first-order valence-electron chi connectivity index (χ1n) is 6.81. The van der Waals surface area contributed by atoms with Gasteiger partial charge in [0.1, 0.15) is 5.75 Å². The van der Waals surface area contributed by atoms with E-state index in [2.05, 4.69) is 4.98 Å². The van der Waals surface area contributed by atoms with E-state index in [0.717, 1.165) is 0 Å². The first-order valence-corrected chi connectivity index (χ1v) is 6.81. The molecule has 22 heavy (non-hydrogen) atoms. The molecule has 6 heteroatoms. The molecule has 0 saturated heterocycles. The number of aromatic hydroxyl groups is 1. The molecule has 1 aliphatic heterocycles. The lowest BCUT2D eigenvalue weighted by Crippen LogP contribution is -2.28. The Morgan fingerprint density at radius 1 is 1.32 bits per heavy atom. The van der Waals surface area contributed by atoms with Gasteiger partial charge in [0.15, 0.2) is 11.5 Å². The number of benzene rings is 1. The van der Waals surface area contributed by atoms with Gasteiger partial charge in [0.05, 0.1) is 19.1 Å². The number of phenols is 1. The smallest absolute Gasteiger partial charge is 0.312 e. The Kier molecular flexibility index (Phi) is 3.36. The van der Waals surface area contributed by atoms with Crippen LogP contribution in [0.5, 0.6) is 17.2 Å². The molecule has 6 nitrogen and oxygen atoms in total. The molecule has 0 fully saturated rings. The number of H-pyrrole nitrogens is 1. The van der Waals surface area contributed by atoms with E-state index >= 15 is 0 Å². The normalized spacial score (nSPS) is 16.8. The second-order valence-corrected chi connectivity index (χ2v) is 5.22. The third-order valence-electron chi connectivity index (χ3n) is 3.72. The van der Waals surface area contributed by atoms with Crippen molar-refractivity contribution in [2.45, 2.75) is 19.3 Å². The number of carbonyl (C=O) groups excluding carboxylic acids is 1. The summed E-state index contributed by atoms with van der Waals surface area (Å²) < 4.78 is 10.2. The Bertz CT molecular complexity index is 809. The Labute approximate surface area is 126 Å². The number of nitrogens with one attached hydrogen (secondary N) is 1. The van der Waals surface area contributed by atoms with E-state index in [0.29, 0.717) is 22.6 Å². The third kappa shape index (κ3) is 2.32. The molecular weight excluding hydrogens is 286 g/mol. The van der Waals surface area contributed by atoms with Crippen molar-refractivity contribution < 1.29 is 19.4 Å². The second-order valence-electron chi connectivity index (χ2n) is 5.22. The highest BCUT2D eigenvalue weighted by molar-refractivity contribution is 5.77. The summed E-state index contributed by atoms with van der Waals surface area (Å²) in [5, 5.41) is 9.92. The van der Waals surface area contributed by atoms with Gasteiger partial charge in [-0.25, -0.2) is 0 Å². The van der Waals surface area contributed by atoms with Crippen molar-refractivity contribution >= 4 is 5.97 Å². The Balaban J connectivity index is 2.15. The zero-order chi connectivity index (χ0) is 15.9. The molecule has 0 saturated carbocycles. The minimum absolute atomic E-state index is 0.0379. The fourth-order valence-corrected chi connectivity index (χ4v) is 2.72. The monoisotopic (exact) mass is 301 g/mol. The SMILES string of the molecule is COc1ccc([C@@H]2CC(=O)Oc3cc(C)[nH]c(=O)c32)cc1O. The molecule has 114 valence electrons. The minimum atomic E-state index is -0.461. The summed E-state index contributed by atoms with van der Waals surface area (Å²) in [5.74, 6) is -0.294. The standard InChI is InChI=1S/C16H15NO5/c1-8-5-13-15(16(20)17-8)10(7-14(19)22-13)9-3-4-12(21-2)11(18)6-9/h3-6,10,18H,7H2,1-2H3,(H,17,20)/t10-/m0/s1. The molecular formula is C16H15NO5. The average Bonchev–Trinajstić information content (AvgIpc) is 2.45. The number of hydrogen-bond acceptors (Lipinski definition) is 5. The van der Waals surface area contributed by atoms with Crippen LogP contribution in [0.15, 0.2) is 29.1 Å². The largest absolute Gasteiger partial charge is 0.504 e. The number of aromatic amines is 1. The fraction of sp³-hybridized carbons (Fsp3) is 0.250. The molecule has 0 aliphatic carbocycles. The van der Waals surface area contributed by atoms with Crippen LogP contribution in [0.4, 0.5) is 0 Å². The van der Waals surface area contributed by atoms with E-state index in [4.69, 9.17) is 9.47 Å². The molecule has 1 aliphatic rings. The van der Waals surface area contributed by atoms with Crippen LogP contribution in [-0.4, -0.2) is 23.2 Å². The number of methoxy groups -OCH3 is 1. The number of pyridine rings is 1. The predicted molar refractivity (Wildman–Crippen MR) is 78.6 cm³/mol. The molecule has 0 spiro atoms. The third-order valence-corrected chi connectivity index (χ3v) is 3.72. The lowest BCUT2D eigenvalue weighted by atomic mass is 9.87. The van der Waals surface area contributed by atoms with E-state index in [1.165, 1.54) is 13.2 Å². The molecule has 1 atom stereocenters. The van der Waals surface area contributed by atoms with Gasteiger partial charge < -0.3 is 19.6 Å². The maximum Gasteiger partial charge on any atom is 0.312 e. The summed E-state index contributed by atoms with van der Waals surface area (Å²) in [4.78, 5) is 26.8. The van der Waals surface area contributed by atoms with Gasteiger partial charge >= 0.3 is 5.97 Å². The van der Waals surface area contributed by atoms with Gasteiger partial charge in [0.25, 0.3) is 5.56 Å². The van der Waals surface area contributed by atoms with Crippen LogP contribution >= 0.6 is 0 Å². The van der Waals surface area contributed by atoms with Crippen molar-refractivity contribution in [1.29, 1.82) is 0 Å². The van der Waals surface area contributed by atoms with E-state index < -0.39 is 11.9 Å². The number of phenolic OH excluding ortho intramolecular Hbond substituents is 1. The highest BCUT2D eigenvalue weighted by atomic mass is 16.5. The van der Waals surface area contributed by atoms with Gasteiger partial charge in [-0.05, 0) is 24.6 Å². The molecule has 2 N–H and O–H groups in total. The number of aromatic nitrogens is 1. The molecule has 0 amide bonds. The molecule has 1 aromatic heterocycles. The van der Waals surface area contributed by atoms with E-state index in [9.17, 15) is 14.7 Å². The molecule has 0 bridgehead atoms. The van der Waals surface area contributed by atoms with E-state index in [-0.39, 0.29) is 23.5 Å². The first-order chi connectivity index (χ1) is 10.5. The summed E-state index contributed by atoms with van der Waals surface area (Å²) >= 11 is 0. The summed E-state index contributed by atoms with van der Waals surface area (Å²) in [7, 11) is 1.45. The van der Waals surface area contributed by atoms with Gasteiger partial charge in [-0.3, -0.25) is 9.59 Å². The average molecular weight is 301 g/mol. The molecule has 3 rings (SSSR count). The second kappa shape index (κ2) is 5.22. The van der Waals surface area contributed by atoms with E-state index in [1.807, 2.05) is 0 Å². The molecule has 2 heterocycles. The summed E-state index contributed by atoms with van der Waals surface area (Å²) in [6.07, 6.45) is 0.0465. The predicted octanol–water partition coefficient (Wildman–Crippen LogP) is 1.84. The Hall–Kier alpha value is -2.76. The van der Waals surface area contributed by atoms with Crippen molar-refractivity contribution in [3.8, 4) is 17.2 Å². The highest BCUT2D eigenvalue weighted by Gasteiger charge is 2.31. The number of rotatable bonds is 2. The topological polar surface area (TPSA) is 88.6 Å². The van der Waals surface area contributed by atoms with Gasteiger partial charge in [0.2, 0.25) is 0 Å². The minimum Gasteiger partial charge on any atom is -0.504 e. The van der Waals surface area contributed by atoms with Crippen LogP contribution < -0.4 is 15.0 Å². The van der Waals surface area contributed by atoms with Gasteiger partial charge in [-0.1, -0.05) is 6.07 Å². The van der Waals surface area contributed by atoms with Crippen LogP contribution in [0.1, 0.15) is 29.2 Å². The zero-order valence-corrected chi connectivity index (χ0v) is 12.2.